The minimum Gasteiger partial charge on any atom is -0.479 e. The molecular weight excluding hydrogens is 422 g/mol. The highest BCUT2D eigenvalue weighted by Gasteiger charge is 2.40. The van der Waals surface area contributed by atoms with E-state index in [1.807, 2.05) is 60.7 Å². The van der Waals surface area contributed by atoms with Gasteiger partial charge in [-0.15, -0.1) is 0 Å². The van der Waals surface area contributed by atoms with E-state index in [-0.39, 0.29) is 19.8 Å². The molecule has 0 spiro atoms. The molecule has 0 aliphatic carbocycles. The summed E-state index contributed by atoms with van der Waals surface area (Å²) in [4.78, 5) is 38.9. The molecule has 33 heavy (non-hydrogen) atoms. The minimum absolute atomic E-state index is 0.0467. The van der Waals surface area contributed by atoms with E-state index in [1.54, 1.807) is 24.3 Å². The van der Waals surface area contributed by atoms with Crippen LogP contribution in [0.1, 0.15) is 31.8 Å². The van der Waals surface area contributed by atoms with Crippen LogP contribution >= 0.6 is 0 Å². The van der Waals surface area contributed by atoms with Gasteiger partial charge in [-0.3, -0.25) is 14.5 Å². The van der Waals surface area contributed by atoms with Gasteiger partial charge in [0.05, 0.1) is 30.9 Å². The molecule has 0 bridgehead atoms. The van der Waals surface area contributed by atoms with Crippen molar-refractivity contribution in [2.75, 3.05) is 6.54 Å². The fourth-order valence-corrected chi connectivity index (χ4v) is 3.70. The molecule has 0 fully saturated rings. The van der Waals surface area contributed by atoms with Gasteiger partial charge in [0.1, 0.15) is 6.10 Å². The first-order chi connectivity index (χ1) is 16.0. The molecule has 168 valence electrons. The number of hydrogen-bond acceptors (Lipinski definition) is 5. The molecule has 7 heteroatoms. The van der Waals surface area contributed by atoms with Gasteiger partial charge in [0.2, 0.25) is 0 Å². The number of benzene rings is 3. The van der Waals surface area contributed by atoms with Crippen LogP contribution in [0.3, 0.4) is 0 Å². The second-order valence-electron chi connectivity index (χ2n) is 7.66. The number of imide groups is 1. The van der Waals surface area contributed by atoms with Crippen LogP contribution in [-0.2, 0) is 27.5 Å². The van der Waals surface area contributed by atoms with Crippen LogP contribution in [0.5, 0.6) is 0 Å². The van der Waals surface area contributed by atoms with E-state index < -0.39 is 30.0 Å². The van der Waals surface area contributed by atoms with Crippen molar-refractivity contribution in [2.45, 2.75) is 25.4 Å². The van der Waals surface area contributed by atoms with E-state index in [0.29, 0.717) is 11.1 Å². The summed E-state index contributed by atoms with van der Waals surface area (Å²) in [6.07, 6.45) is -2.47. The van der Waals surface area contributed by atoms with Gasteiger partial charge in [-0.1, -0.05) is 72.8 Å². The molecule has 2 atom stereocenters. The Balaban J connectivity index is 1.55. The van der Waals surface area contributed by atoms with Crippen molar-refractivity contribution < 1.29 is 29.0 Å². The number of carboxylic acids is 1. The molecule has 1 N–H and O–H groups in total. The first-order valence-electron chi connectivity index (χ1n) is 10.5. The third-order valence-electron chi connectivity index (χ3n) is 5.40. The molecule has 0 aromatic heterocycles. The number of carbonyl (C=O) groups excluding carboxylic acids is 2. The van der Waals surface area contributed by atoms with E-state index in [4.69, 9.17) is 9.47 Å². The van der Waals surface area contributed by atoms with Crippen LogP contribution < -0.4 is 0 Å². The topological polar surface area (TPSA) is 93.1 Å². The van der Waals surface area contributed by atoms with Crippen molar-refractivity contribution in [1.82, 2.24) is 4.90 Å². The second kappa shape index (κ2) is 10.2. The van der Waals surface area contributed by atoms with Crippen LogP contribution in [0.15, 0.2) is 84.9 Å². The third kappa shape index (κ3) is 5.16. The molecule has 0 radical (unpaired) electrons. The summed E-state index contributed by atoms with van der Waals surface area (Å²) in [5.74, 6) is -2.19. The zero-order chi connectivity index (χ0) is 23.2. The number of carbonyl (C=O) groups is 3. The average Bonchev–Trinajstić information content (AvgIpc) is 3.08. The first-order valence-corrected chi connectivity index (χ1v) is 10.5. The number of carboxylic acid groups (broad SMARTS) is 1. The van der Waals surface area contributed by atoms with Gasteiger partial charge in [0.25, 0.3) is 11.8 Å². The average molecular weight is 445 g/mol. The lowest BCUT2D eigenvalue weighted by Crippen LogP contribution is -2.47. The van der Waals surface area contributed by atoms with E-state index in [9.17, 15) is 19.5 Å². The van der Waals surface area contributed by atoms with Crippen molar-refractivity contribution in [3.8, 4) is 0 Å². The molecule has 2 amide bonds. The van der Waals surface area contributed by atoms with Gasteiger partial charge in [-0.2, -0.15) is 0 Å². The maximum absolute atomic E-state index is 12.8. The summed E-state index contributed by atoms with van der Waals surface area (Å²) in [7, 11) is 0. The highest BCUT2D eigenvalue weighted by molar-refractivity contribution is 6.21. The van der Waals surface area contributed by atoms with Crippen LogP contribution in [0.25, 0.3) is 0 Å². The molecule has 1 heterocycles. The third-order valence-corrected chi connectivity index (χ3v) is 5.40. The summed E-state index contributed by atoms with van der Waals surface area (Å²) in [5.41, 5.74) is 2.21. The Kier molecular flexibility index (Phi) is 6.92. The monoisotopic (exact) mass is 445 g/mol. The smallest absolute Gasteiger partial charge is 0.335 e. The fourth-order valence-electron chi connectivity index (χ4n) is 3.70. The molecule has 1 aliphatic rings. The van der Waals surface area contributed by atoms with Crippen molar-refractivity contribution in [3.63, 3.8) is 0 Å². The number of rotatable bonds is 10. The zero-order valence-corrected chi connectivity index (χ0v) is 17.8. The lowest BCUT2D eigenvalue weighted by molar-refractivity contribution is -0.165. The number of amides is 2. The normalized spacial score (nSPS) is 14.7. The van der Waals surface area contributed by atoms with Crippen molar-refractivity contribution >= 4 is 17.8 Å². The van der Waals surface area contributed by atoms with E-state index >= 15 is 0 Å². The predicted molar refractivity (Wildman–Crippen MR) is 119 cm³/mol. The van der Waals surface area contributed by atoms with Gasteiger partial charge in [0, 0.05) is 0 Å². The number of ether oxygens (including phenoxy) is 2. The number of fused-ring (bicyclic) bond motifs is 1. The SMILES string of the molecule is O=C(O)[C@@H](OCc1ccccc1)[C@@H](CN1C(=O)c2ccccc2C1=O)OCc1ccccc1. The Labute approximate surface area is 191 Å². The first kappa shape index (κ1) is 22.4. The molecule has 3 aromatic rings. The summed E-state index contributed by atoms with van der Waals surface area (Å²) in [6, 6.07) is 24.9. The van der Waals surface area contributed by atoms with E-state index in [0.717, 1.165) is 16.0 Å². The minimum atomic E-state index is -1.39. The Morgan fingerprint density at radius 3 is 1.67 bits per heavy atom. The molecule has 0 saturated heterocycles. The summed E-state index contributed by atoms with van der Waals surface area (Å²) >= 11 is 0. The Morgan fingerprint density at radius 2 is 1.18 bits per heavy atom. The second-order valence-corrected chi connectivity index (χ2v) is 7.66. The van der Waals surface area contributed by atoms with Gasteiger partial charge in [-0.25, -0.2) is 4.79 Å². The summed E-state index contributed by atoms with van der Waals surface area (Å²) < 4.78 is 11.7. The maximum Gasteiger partial charge on any atom is 0.335 e. The Morgan fingerprint density at radius 1 is 0.727 bits per heavy atom. The lowest BCUT2D eigenvalue weighted by Gasteiger charge is -2.28. The van der Waals surface area contributed by atoms with Crippen LogP contribution in [0.2, 0.25) is 0 Å². The van der Waals surface area contributed by atoms with Crippen LogP contribution in [0.4, 0.5) is 0 Å². The molecule has 0 unspecified atom stereocenters. The summed E-state index contributed by atoms with van der Waals surface area (Å²) in [6.45, 7) is -0.0940. The van der Waals surface area contributed by atoms with Crippen molar-refractivity contribution in [3.05, 3.63) is 107 Å². The molecule has 3 aromatic carbocycles. The maximum atomic E-state index is 12.8. The van der Waals surface area contributed by atoms with E-state index in [2.05, 4.69) is 0 Å². The molecule has 4 rings (SSSR count). The van der Waals surface area contributed by atoms with Crippen LogP contribution in [-0.4, -0.2) is 46.5 Å². The molecular formula is C26H23NO6. The van der Waals surface area contributed by atoms with Crippen LogP contribution in [0, 0.1) is 0 Å². The highest BCUT2D eigenvalue weighted by atomic mass is 16.6. The lowest BCUT2D eigenvalue weighted by atomic mass is 10.1. The van der Waals surface area contributed by atoms with Gasteiger partial charge in [0.15, 0.2) is 6.10 Å². The number of hydrogen-bond donors (Lipinski definition) is 1. The summed E-state index contributed by atoms with van der Waals surface area (Å²) in [5, 5.41) is 9.90. The quantitative estimate of drug-likeness (QED) is 0.480. The van der Waals surface area contributed by atoms with Crippen molar-refractivity contribution in [2.24, 2.45) is 0 Å². The van der Waals surface area contributed by atoms with Gasteiger partial charge in [-0.05, 0) is 23.3 Å². The fraction of sp³-hybridized carbons (Fsp3) is 0.192. The van der Waals surface area contributed by atoms with E-state index in [1.165, 1.54) is 0 Å². The zero-order valence-electron chi connectivity index (χ0n) is 17.8. The predicted octanol–water partition coefficient (Wildman–Crippen LogP) is 3.54. The largest absolute Gasteiger partial charge is 0.479 e. The Bertz CT molecular complexity index is 1100. The molecule has 0 saturated carbocycles. The Hall–Kier alpha value is -3.81. The standard InChI is InChI=1S/C26H23NO6/c28-24-20-13-7-8-14-21(20)25(29)27(24)15-22(32-16-18-9-3-1-4-10-18)23(26(30)31)33-17-19-11-5-2-6-12-19/h1-14,22-23H,15-17H2,(H,30,31)/t22-,23+/m1/s1. The highest BCUT2D eigenvalue weighted by Crippen LogP contribution is 2.24. The number of nitrogens with zero attached hydrogens (tertiary/aromatic N) is 1. The van der Waals surface area contributed by atoms with Gasteiger partial charge < -0.3 is 14.6 Å². The number of aliphatic carboxylic acids is 1. The van der Waals surface area contributed by atoms with Crippen molar-refractivity contribution in [1.29, 1.82) is 0 Å². The van der Waals surface area contributed by atoms with Gasteiger partial charge >= 0.3 is 5.97 Å². The molecule has 7 nitrogen and oxygen atoms in total. The molecule has 1 aliphatic heterocycles.